The summed E-state index contributed by atoms with van der Waals surface area (Å²) >= 11 is 0. The highest BCUT2D eigenvalue weighted by molar-refractivity contribution is 5.92. The summed E-state index contributed by atoms with van der Waals surface area (Å²) in [4.78, 5) is 14.8. The van der Waals surface area contributed by atoms with E-state index in [1.807, 2.05) is 50.2 Å². The Balaban J connectivity index is 1.30. The first-order valence-corrected chi connectivity index (χ1v) is 11.3. The zero-order chi connectivity index (χ0) is 22.3. The number of morpholine rings is 1. The summed E-state index contributed by atoms with van der Waals surface area (Å²) < 4.78 is 13.4. The highest BCUT2D eigenvalue weighted by Gasteiger charge is 2.11. The van der Waals surface area contributed by atoms with E-state index in [1.54, 1.807) is 0 Å². The van der Waals surface area contributed by atoms with Crippen molar-refractivity contribution in [2.45, 2.75) is 33.0 Å². The van der Waals surface area contributed by atoms with Crippen LogP contribution < -0.4 is 15.4 Å². The number of nitrogens with zero attached hydrogens (tertiary/aromatic N) is 2. The lowest BCUT2D eigenvalue weighted by molar-refractivity contribution is 0.0365. The molecular weight excluding hydrogens is 404 g/mol. The molecule has 0 atom stereocenters. The van der Waals surface area contributed by atoms with Gasteiger partial charge in [-0.1, -0.05) is 12.1 Å². The van der Waals surface area contributed by atoms with Gasteiger partial charge < -0.3 is 24.7 Å². The maximum Gasteiger partial charge on any atom is 0.319 e. The largest absolute Gasteiger partial charge is 0.491 e. The fourth-order valence-corrected chi connectivity index (χ4v) is 3.91. The number of amides is 2. The first-order chi connectivity index (χ1) is 15.6. The molecule has 2 N–H and O–H groups in total. The van der Waals surface area contributed by atoms with Gasteiger partial charge in [0.1, 0.15) is 5.75 Å². The molecule has 0 aliphatic carbocycles. The Kier molecular flexibility index (Phi) is 7.29. The molecule has 1 aliphatic heterocycles. The Morgan fingerprint density at radius 2 is 1.94 bits per heavy atom. The molecule has 0 spiro atoms. The smallest absolute Gasteiger partial charge is 0.319 e. The summed E-state index contributed by atoms with van der Waals surface area (Å²) in [5.41, 5.74) is 2.94. The zero-order valence-electron chi connectivity index (χ0n) is 18.8. The van der Waals surface area contributed by atoms with E-state index < -0.39 is 0 Å². The number of anilines is 1. The predicted octanol–water partition coefficient (Wildman–Crippen LogP) is 4.08. The average molecular weight is 437 g/mol. The number of rotatable bonds is 8. The fraction of sp³-hybridized carbons (Fsp3) is 0.400. The highest BCUT2D eigenvalue weighted by atomic mass is 16.5. The standard InChI is InChI=1S/C25H32N4O3/c1-19(2)32-23-5-3-4-20(16-23)18-26-25(30)27-22-6-7-24-21(17-22)8-9-29(24)11-10-28-12-14-31-15-13-28/h3-9,16-17,19H,10-15,18H2,1-2H3,(H2,26,27,30). The van der Waals surface area contributed by atoms with E-state index in [1.165, 1.54) is 5.52 Å². The zero-order valence-corrected chi connectivity index (χ0v) is 18.8. The summed E-state index contributed by atoms with van der Waals surface area (Å²) in [6.45, 7) is 10.0. The second-order valence-electron chi connectivity index (χ2n) is 8.36. The molecule has 1 aromatic heterocycles. The molecule has 2 aromatic carbocycles. The normalized spacial score (nSPS) is 14.6. The molecule has 2 amide bonds. The minimum absolute atomic E-state index is 0.116. The van der Waals surface area contributed by atoms with Crippen LogP contribution in [0.3, 0.4) is 0 Å². The van der Waals surface area contributed by atoms with Crippen LogP contribution in [0.1, 0.15) is 19.4 Å². The molecule has 7 nitrogen and oxygen atoms in total. The average Bonchev–Trinajstić information content (AvgIpc) is 3.19. The third-order valence-electron chi connectivity index (χ3n) is 5.51. The minimum Gasteiger partial charge on any atom is -0.491 e. The van der Waals surface area contributed by atoms with Gasteiger partial charge in [0, 0.05) is 55.5 Å². The van der Waals surface area contributed by atoms with Gasteiger partial charge in [-0.2, -0.15) is 0 Å². The van der Waals surface area contributed by atoms with Crippen molar-refractivity contribution >= 4 is 22.6 Å². The predicted molar refractivity (Wildman–Crippen MR) is 127 cm³/mol. The van der Waals surface area contributed by atoms with Crippen molar-refractivity contribution in [1.82, 2.24) is 14.8 Å². The monoisotopic (exact) mass is 436 g/mol. The molecule has 0 unspecified atom stereocenters. The number of hydrogen-bond donors (Lipinski definition) is 2. The molecule has 2 heterocycles. The number of urea groups is 1. The lowest BCUT2D eigenvalue weighted by atomic mass is 10.2. The van der Waals surface area contributed by atoms with Crippen molar-refractivity contribution in [3.05, 3.63) is 60.3 Å². The molecule has 7 heteroatoms. The third-order valence-corrected chi connectivity index (χ3v) is 5.51. The van der Waals surface area contributed by atoms with Crippen LogP contribution in [0.5, 0.6) is 5.75 Å². The van der Waals surface area contributed by atoms with Gasteiger partial charge >= 0.3 is 6.03 Å². The number of fused-ring (bicyclic) bond motifs is 1. The van der Waals surface area contributed by atoms with Gasteiger partial charge in [0.15, 0.2) is 0 Å². The number of hydrogen-bond acceptors (Lipinski definition) is 4. The van der Waals surface area contributed by atoms with Crippen molar-refractivity contribution < 1.29 is 14.3 Å². The molecule has 1 fully saturated rings. The van der Waals surface area contributed by atoms with Crippen molar-refractivity contribution in [2.24, 2.45) is 0 Å². The maximum atomic E-state index is 12.4. The van der Waals surface area contributed by atoms with Crippen LogP contribution in [-0.2, 0) is 17.8 Å². The van der Waals surface area contributed by atoms with E-state index in [2.05, 4.69) is 38.4 Å². The maximum absolute atomic E-state index is 12.4. The van der Waals surface area contributed by atoms with Gasteiger partial charge in [-0.15, -0.1) is 0 Å². The van der Waals surface area contributed by atoms with E-state index in [4.69, 9.17) is 9.47 Å². The van der Waals surface area contributed by atoms with Gasteiger partial charge in [-0.3, -0.25) is 4.90 Å². The Labute approximate surface area is 189 Å². The molecule has 0 radical (unpaired) electrons. The fourth-order valence-electron chi connectivity index (χ4n) is 3.91. The number of carbonyl (C=O) groups is 1. The van der Waals surface area contributed by atoms with Crippen LogP contribution in [0.2, 0.25) is 0 Å². The SMILES string of the molecule is CC(C)Oc1cccc(CNC(=O)Nc2ccc3c(ccn3CCN3CCOCC3)c2)c1. The van der Waals surface area contributed by atoms with Crippen LogP contribution in [-0.4, -0.2) is 54.5 Å². The van der Waals surface area contributed by atoms with Gasteiger partial charge in [0.05, 0.1) is 19.3 Å². The Bertz CT molecular complexity index is 1040. The van der Waals surface area contributed by atoms with Crippen molar-refractivity contribution in [1.29, 1.82) is 0 Å². The van der Waals surface area contributed by atoms with Crippen LogP contribution in [0.25, 0.3) is 10.9 Å². The van der Waals surface area contributed by atoms with Crippen LogP contribution >= 0.6 is 0 Å². The van der Waals surface area contributed by atoms with Gasteiger partial charge in [0.2, 0.25) is 0 Å². The number of nitrogens with one attached hydrogen (secondary N) is 2. The van der Waals surface area contributed by atoms with Gasteiger partial charge in [0.25, 0.3) is 0 Å². The van der Waals surface area contributed by atoms with E-state index in [0.717, 1.165) is 61.8 Å². The molecule has 1 aliphatic rings. The van der Waals surface area contributed by atoms with E-state index in [-0.39, 0.29) is 12.1 Å². The molecule has 3 aromatic rings. The quantitative estimate of drug-likeness (QED) is 0.558. The lowest BCUT2D eigenvalue weighted by Gasteiger charge is -2.26. The summed E-state index contributed by atoms with van der Waals surface area (Å²) in [5.74, 6) is 0.809. The van der Waals surface area contributed by atoms with E-state index >= 15 is 0 Å². The molecule has 0 saturated carbocycles. The second kappa shape index (κ2) is 10.5. The van der Waals surface area contributed by atoms with Crippen molar-refractivity contribution in [3.8, 4) is 5.75 Å². The van der Waals surface area contributed by atoms with E-state index in [0.29, 0.717) is 6.54 Å². The first-order valence-electron chi connectivity index (χ1n) is 11.3. The van der Waals surface area contributed by atoms with Gasteiger partial charge in [-0.25, -0.2) is 4.79 Å². The molecule has 4 rings (SSSR count). The van der Waals surface area contributed by atoms with Crippen molar-refractivity contribution in [3.63, 3.8) is 0 Å². The lowest BCUT2D eigenvalue weighted by Crippen LogP contribution is -2.38. The van der Waals surface area contributed by atoms with Crippen LogP contribution in [0, 0.1) is 0 Å². The molecule has 0 bridgehead atoms. The number of ether oxygens (including phenoxy) is 2. The second-order valence-corrected chi connectivity index (χ2v) is 8.36. The Morgan fingerprint density at radius 1 is 1.09 bits per heavy atom. The van der Waals surface area contributed by atoms with E-state index in [9.17, 15) is 4.79 Å². The third kappa shape index (κ3) is 6.02. The Morgan fingerprint density at radius 3 is 2.75 bits per heavy atom. The number of aromatic nitrogens is 1. The highest BCUT2D eigenvalue weighted by Crippen LogP contribution is 2.21. The molecule has 170 valence electrons. The number of carbonyl (C=O) groups excluding carboxylic acids is 1. The van der Waals surface area contributed by atoms with Crippen molar-refractivity contribution in [2.75, 3.05) is 38.2 Å². The topological polar surface area (TPSA) is 67.8 Å². The summed E-state index contributed by atoms with van der Waals surface area (Å²) in [7, 11) is 0. The van der Waals surface area contributed by atoms with Crippen LogP contribution in [0.15, 0.2) is 54.7 Å². The van der Waals surface area contributed by atoms with Gasteiger partial charge in [-0.05, 0) is 55.8 Å². The Hall–Kier alpha value is -3.03. The minimum atomic E-state index is -0.230. The summed E-state index contributed by atoms with van der Waals surface area (Å²) in [6, 6.07) is 15.7. The molecular formula is C25H32N4O3. The van der Waals surface area contributed by atoms with Crippen LogP contribution in [0.4, 0.5) is 10.5 Å². The molecule has 32 heavy (non-hydrogen) atoms. The summed E-state index contributed by atoms with van der Waals surface area (Å²) in [5, 5.41) is 6.96. The molecule has 1 saturated heterocycles. The summed E-state index contributed by atoms with van der Waals surface area (Å²) in [6.07, 6.45) is 2.23. The first kappa shape index (κ1) is 22.2. The number of benzene rings is 2.